The van der Waals surface area contributed by atoms with Crippen LogP contribution < -0.4 is 22.3 Å². The SMILES string of the molecule is Cc1cccc(-c2cn(CC(=O)N3CCC(N4CCc5ccccc5NC4=O)CC3)c(=O)n(CCN)c2=O)c1C. The number of urea groups is 1. The van der Waals surface area contributed by atoms with E-state index in [1.165, 1.54) is 10.8 Å². The van der Waals surface area contributed by atoms with Gasteiger partial charge in [-0.3, -0.25) is 18.7 Å². The number of benzene rings is 2. The number of nitrogens with one attached hydrogen (secondary N) is 1. The lowest BCUT2D eigenvalue weighted by Crippen LogP contribution is -2.51. The van der Waals surface area contributed by atoms with Gasteiger partial charge in [-0.15, -0.1) is 0 Å². The van der Waals surface area contributed by atoms with Gasteiger partial charge in [0.1, 0.15) is 6.54 Å². The van der Waals surface area contributed by atoms with Crippen LogP contribution in [0.1, 0.15) is 29.5 Å². The Morgan fingerprint density at radius 2 is 1.73 bits per heavy atom. The molecule has 2 aliphatic rings. The fraction of sp³-hybridized carbons (Fsp3) is 0.400. The van der Waals surface area contributed by atoms with E-state index in [1.54, 1.807) is 4.90 Å². The maximum Gasteiger partial charge on any atom is 0.331 e. The van der Waals surface area contributed by atoms with Crippen molar-refractivity contribution in [2.75, 3.05) is 31.5 Å². The van der Waals surface area contributed by atoms with Gasteiger partial charge >= 0.3 is 11.7 Å². The molecule has 3 aromatic rings. The summed E-state index contributed by atoms with van der Waals surface area (Å²) in [5.41, 5.74) is 9.80. The lowest BCUT2D eigenvalue weighted by molar-refractivity contribution is -0.133. The highest BCUT2D eigenvalue weighted by molar-refractivity contribution is 5.91. The molecule has 0 bridgehead atoms. The zero-order chi connectivity index (χ0) is 28.4. The summed E-state index contributed by atoms with van der Waals surface area (Å²) in [5.74, 6) is -0.196. The third-order valence-electron chi connectivity index (χ3n) is 8.19. The van der Waals surface area contributed by atoms with Gasteiger partial charge in [0.15, 0.2) is 0 Å². The van der Waals surface area contributed by atoms with Crippen molar-refractivity contribution in [2.45, 2.75) is 52.2 Å². The van der Waals surface area contributed by atoms with E-state index in [4.69, 9.17) is 5.73 Å². The monoisotopic (exact) mass is 544 g/mol. The average Bonchev–Trinajstić information content (AvgIpc) is 3.12. The number of carbonyl (C=O) groups is 2. The topological polar surface area (TPSA) is 123 Å². The van der Waals surface area contributed by atoms with Crippen molar-refractivity contribution in [3.63, 3.8) is 0 Å². The van der Waals surface area contributed by atoms with E-state index in [1.807, 2.05) is 61.2 Å². The minimum Gasteiger partial charge on any atom is -0.341 e. The Labute approximate surface area is 233 Å². The van der Waals surface area contributed by atoms with Crippen LogP contribution in [-0.4, -0.2) is 63.1 Å². The van der Waals surface area contributed by atoms with Gasteiger partial charge in [0, 0.05) is 50.6 Å². The maximum atomic E-state index is 13.4. The number of amides is 3. The highest BCUT2D eigenvalue weighted by Gasteiger charge is 2.31. The molecular formula is C30H36N6O4. The first-order chi connectivity index (χ1) is 19.3. The Hall–Kier alpha value is -4.18. The van der Waals surface area contributed by atoms with Crippen LogP contribution in [0.2, 0.25) is 0 Å². The van der Waals surface area contributed by atoms with Crippen molar-refractivity contribution in [1.29, 1.82) is 0 Å². The van der Waals surface area contributed by atoms with Gasteiger partial charge in [-0.25, -0.2) is 9.59 Å². The second-order valence-electron chi connectivity index (χ2n) is 10.6. The molecule has 1 aromatic heterocycles. The third kappa shape index (κ3) is 5.31. The molecule has 10 nitrogen and oxygen atoms in total. The molecule has 1 fully saturated rings. The van der Waals surface area contributed by atoms with E-state index < -0.39 is 11.2 Å². The number of aryl methyl sites for hydroxylation is 1. The van der Waals surface area contributed by atoms with E-state index >= 15 is 0 Å². The molecule has 5 rings (SSSR count). The van der Waals surface area contributed by atoms with E-state index in [9.17, 15) is 19.2 Å². The Balaban J connectivity index is 1.31. The molecule has 3 amide bonds. The Bertz CT molecular complexity index is 1550. The average molecular weight is 545 g/mol. The molecule has 0 saturated carbocycles. The predicted octanol–water partition coefficient (Wildman–Crippen LogP) is 2.33. The molecule has 0 aliphatic carbocycles. The second-order valence-corrected chi connectivity index (χ2v) is 10.6. The lowest BCUT2D eigenvalue weighted by Gasteiger charge is -2.38. The van der Waals surface area contributed by atoms with Gasteiger partial charge in [-0.1, -0.05) is 36.4 Å². The Kier molecular flexibility index (Phi) is 7.88. The predicted molar refractivity (Wildman–Crippen MR) is 154 cm³/mol. The van der Waals surface area contributed by atoms with E-state index in [-0.39, 0.29) is 37.6 Å². The standard InChI is InChI=1S/C30H36N6O4/c1-20-6-5-8-24(21(20)2)25-18-34(30(40)36(17-13-31)28(25)38)19-27(37)33-14-11-23(12-15-33)35-16-10-22-7-3-4-9-26(22)32-29(35)39/h3-9,18,23H,10-17,19,31H2,1-2H3,(H,32,39). The first kappa shape index (κ1) is 27.4. The van der Waals surface area contributed by atoms with Gasteiger partial charge in [-0.05, 0) is 61.4 Å². The number of aromatic nitrogens is 2. The number of para-hydroxylation sites is 1. The van der Waals surface area contributed by atoms with Crippen molar-refractivity contribution >= 4 is 17.6 Å². The minimum atomic E-state index is -0.548. The molecule has 1 saturated heterocycles. The van der Waals surface area contributed by atoms with Crippen LogP contribution >= 0.6 is 0 Å². The number of hydrogen-bond donors (Lipinski definition) is 2. The van der Waals surface area contributed by atoms with Crippen molar-refractivity contribution in [1.82, 2.24) is 18.9 Å². The van der Waals surface area contributed by atoms with Gasteiger partial charge in [0.25, 0.3) is 5.56 Å². The molecule has 0 unspecified atom stereocenters. The summed E-state index contributed by atoms with van der Waals surface area (Å²) in [7, 11) is 0. The number of nitrogens with two attached hydrogens (primary N) is 1. The number of hydrogen-bond acceptors (Lipinski definition) is 5. The highest BCUT2D eigenvalue weighted by Crippen LogP contribution is 2.25. The van der Waals surface area contributed by atoms with Crippen LogP contribution in [0.5, 0.6) is 0 Å². The minimum absolute atomic E-state index is 0.0310. The summed E-state index contributed by atoms with van der Waals surface area (Å²) in [6.07, 6.45) is 3.59. The summed E-state index contributed by atoms with van der Waals surface area (Å²) < 4.78 is 2.44. The van der Waals surface area contributed by atoms with E-state index in [0.29, 0.717) is 38.0 Å². The van der Waals surface area contributed by atoms with Gasteiger partial charge in [-0.2, -0.15) is 0 Å². The normalized spacial score (nSPS) is 15.9. The van der Waals surface area contributed by atoms with Gasteiger partial charge in [0.05, 0.1) is 5.56 Å². The smallest absolute Gasteiger partial charge is 0.331 e. The first-order valence-electron chi connectivity index (χ1n) is 13.8. The first-order valence-corrected chi connectivity index (χ1v) is 13.8. The van der Waals surface area contributed by atoms with Crippen molar-refractivity contribution in [2.24, 2.45) is 5.73 Å². The zero-order valence-electron chi connectivity index (χ0n) is 23.1. The van der Waals surface area contributed by atoms with Crippen molar-refractivity contribution < 1.29 is 9.59 Å². The van der Waals surface area contributed by atoms with Crippen LogP contribution in [-0.2, 0) is 24.3 Å². The number of rotatable bonds is 6. The van der Waals surface area contributed by atoms with E-state index in [0.717, 1.165) is 38.9 Å². The molecule has 210 valence electrons. The fourth-order valence-electron chi connectivity index (χ4n) is 5.73. The lowest BCUT2D eigenvalue weighted by atomic mass is 9.99. The molecule has 10 heteroatoms. The molecule has 3 heterocycles. The van der Waals surface area contributed by atoms with Crippen LogP contribution in [0.4, 0.5) is 10.5 Å². The molecular weight excluding hydrogens is 508 g/mol. The number of piperidine rings is 1. The summed E-state index contributed by atoms with van der Waals surface area (Å²) in [6.45, 7) is 5.52. The van der Waals surface area contributed by atoms with Crippen LogP contribution in [0, 0.1) is 13.8 Å². The number of nitrogens with zero attached hydrogens (tertiary/aromatic N) is 4. The summed E-state index contributed by atoms with van der Waals surface area (Å²) in [6, 6.07) is 13.5. The van der Waals surface area contributed by atoms with Crippen molar-refractivity contribution in [3.8, 4) is 11.1 Å². The molecule has 0 spiro atoms. The van der Waals surface area contributed by atoms with Crippen LogP contribution in [0.15, 0.2) is 58.3 Å². The molecule has 0 atom stereocenters. The zero-order valence-corrected chi connectivity index (χ0v) is 23.1. The molecule has 0 radical (unpaired) electrons. The molecule has 2 aromatic carbocycles. The van der Waals surface area contributed by atoms with E-state index in [2.05, 4.69) is 5.32 Å². The van der Waals surface area contributed by atoms with Crippen LogP contribution in [0.3, 0.4) is 0 Å². The fourth-order valence-corrected chi connectivity index (χ4v) is 5.73. The Morgan fingerprint density at radius 3 is 2.48 bits per heavy atom. The summed E-state index contributed by atoms with van der Waals surface area (Å²) in [5, 5.41) is 3.02. The quantitative estimate of drug-likeness (QED) is 0.493. The Morgan fingerprint density at radius 1 is 0.975 bits per heavy atom. The molecule has 40 heavy (non-hydrogen) atoms. The van der Waals surface area contributed by atoms with Gasteiger partial charge < -0.3 is 20.9 Å². The maximum absolute atomic E-state index is 13.4. The number of fused-ring (bicyclic) bond motifs is 1. The van der Waals surface area contributed by atoms with Gasteiger partial charge in [0.2, 0.25) is 5.91 Å². The summed E-state index contributed by atoms with van der Waals surface area (Å²) >= 11 is 0. The van der Waals surface area contributed by atoms with Crippen LogP contribution in [0.25, 0.3) is 11.1 Å². The number of likely N-dealkylation sites (tertiary alicyclic amines) is 1. The molecule has 2 aliphatic heterocycles. The number of carbonyl (C=O) groups excluding carboxylic acids is 2. The largest absolute Gasteiger partial charge is 0.341 e. The number of anilines is 1. The van der Waals surface area contributed by atoms with Crippen molar-refractivity contribution in [3.05, 3.63) is 86.2 Å². The molecule has 3 N–H and O–H groups in total. The summed E-state index contributed by atoms with van der Waals surface area (Å²) in [4.78, 5) is 56.4. The second kappa shape index (κ2) is 11.5. The third-order valence-corrected chi connectivity index (χ3v) is 8.19. The highest BCUT2D eigenvalue weighted by atomic mass is 16.2.